The van der Waals surface area contributed by atoms with Crippen molar-refractivity contribution in [2.45, 2.75) is 31.7 Å². The van der Waals surface area contributed by atoms with Crippen LogP contribution in [0.2, 0.25) is 0 Å². The SMILES string of the molecule is CN(C)C1CCCN(C(=O)c2c3c(nc4ccccc24)/C(=C/c2cccs2)CC3)C1. The van der Waals surface area contributed by atoms with Crippen LogP contribution in [0.15, 0.2) is 41.8 Å². The Kier molecular flexibility index (Phi) is 5.17. The highest BCUT2D eigenvalue weighted by molar-refractivity contribution is 7.10. The Bertz CT molecular complexity index is 1120. The molecule has 4 nitrogen and oxygen atoms in total. The van der Waals surface area contributed by atoms with E-state index in [2.05, 4.69) is 53.6 Å². The molecule has 1 atom stereocenters. The second-order valence-corrected chi connectivity index (χ2v) is 9.51. The van der Waals surface area contributed by atoms with Gasteiger partial charge in [-0.15, -0.1) is 11.3 Å². The molecule has 1 aliphatic carbocycles. The first kappa shape index (κ1) is 19.5. The molecule has 154 valence electrons. The Morgan fingerprint density at radius 1 is 1.20 bits per heavy atom. The molecule has 0 N–H and O–H groups in total. The van der Waals surface area contributed by atoms with Crippen LogP contribution in [-0.4, -0.2) is 53.9 Å². The van der Waals surface area contributed by atoms with Crippen molar-refractivity contribution in [2.75, 3.05) is 27.2 Å². The summed E-state index contributed by atoms with van der Waals surface area (Å²) >= 11 is 1.74. The minimum atomic E-state index is 0.175. The summed E-state index contributed by atoms with van der Waals surface area (Å²) in [5.41, 5.74) is 5.20. The fraction of sp³-hybridized carbons (Fsp3) is 0.360. The highest BCUT2D eigenvalue weighted by atomic mass is 32.1. The summed E-state index contributed by atoms with van der Waals surface area (Å²) in [6, 6.07) is 12.8. The van der Waals surface area contributed by atoms with E-state index in [-0.39, 0.29) is 5.91 Å². The van der Waals surface area contributed by atoms with E-state index in [0.29, 0.717) is 6.04 Å². The van der Waals surface area contributed by atoms with E-state index in [9.17, 15) is 4.79 Å². The van der Waals surface area contributed by atoms with E-state index < -0.39 is 0 Å². The number of benzene rings is 1. The molecule has 0 saturated carbocycles. The number of pyridine rings is 1. The van der Waals surface area contributed by atoms with Gasteiger partial charge in [-0.25, -0.2) is 4.98 Å². The number of hydrogen-bond acceptors (Lipinski definition) is 4. The molecule has 5 heteroatoms. The van der Waals surface area contributed by atoms with Gasteiger partial charge in [0.25, 0.3) is 5.91 Å². The summed E-state index contributed by atoms with van der Waals surface area (Å²) in [7, 11) is 4.22. The fourth-order valence-corrected chi connectivity index (χ4v) is 5.47. The fourth-order valence-electron chi connectivity index (χ4n) is 4.79. The normalized spacial score (nSPS) is 20.3. The molecule has 2 aliphatic rings. The second kappa shape index (κ2) is 7.97. The number of hydrogen-bond donors (Lipinski definition) is 0. The minimum Gasteiger partial charge on any atom is -0.337 e. The van der Waals surface area contributed by atoms with Gasteiger partial charge in [0.1, 0.15) is 0 Å². The Morgan fingerprint density at radius 3 is 2.87 bits per heavy atom. The van der Waals surface area contributed by atoms with Gasteiger partial charge in [0, 0.05) is 29.4 Å². The van der Waals surface area contributed by atoms with Gasteiger partial charge in [0.2, 0.25) is 0 Å². The van der Waals surface area contributed by atoms with Crippen molar-refractivity contribution in [3.05, 3.63) is 63.5 Å². The van der Waals surface area contributed by atoms with Crippen molar-refractivity contribution >= 4 is 39.8 Å². The second-order valence-electron chi connectivity index (χ2n) is 8.53. The zero-order valence-corrected chi connectivity index (χ0v) is 18.4. The van der Waals surface area contributed by atoms with Crippen molar-refractivity contribution in [2.24, 2.45) is 0 Å². The van der Waals surface area contributed by atoms with Gasteiger partial charge in [0.05, 0.1) is 16.8 Å². The monoisotopic (exact) mass is 417 g/mol. The molecule has 0 radical (unpaired) electrons. The number of nitrogens with zero attached hydrogens (tertiary/aromatic N) is 3. The third kappa shape index (κ3) is 3.46. The number of carbonyl (C=O) groups excluding carboxylic acids is 1. The Labute approximate surface area is 181 Å². The molecule has 0 spiro atoms. The largest absolute Gasteiger partial charge is 0.337 e. The van der Waals surface area contributed by atoms with Gasteiger partial charge in [-0.2, -0.15) is 0 Å². The molecule has 0 bridgehead atoms. The molecule has 1 amide bonds. The van der Waals surface area contributed by atoms with Gasteiger partial charge in [-0.3, -0.25) is 4.79 Å². The number of thiophene rings is 1. The maximum absolute atomic E-state index is 13.8. The predicted octanol–water partition coefficient (Wildman–Crippen LogP) is 4.95. The summed E-state index contributed by atoms with van der Waals surface area (Å²) in [4.78, 5) is 24.4. The molecule has 3 aromatic rings. The number of amides is 1. The lowest BCUT2D eigenvalue weighted by Crippen LogP contribution is -2.47. The summed E-state index contributed by atoms with van der Waals surface area (Å²) in [5.74, 6) is 0.175. The third-order valence-electron chi connectivity index (χ3n) is 6.43. The van der Waals surface area contributed by atoms with E-state index in [1.54, 1.807) is 11.3 Å². The van der Waals surface area contributed by atoms with E-state index in [1.807, 2.05) is 18.2 Å². The highest BCUT2D eigenvalue weighted by Gasteiger charge is 2.31. The first-order valence-electron chi connectivity index (χ1n) is 10.7. The van der Waals surface area contributed by atoms with Crippen LogP contribution in [0.5, 0.6) is 0 Å². The van der Waals surface area contributed by atoms with Crippen LogP contribution in [0.25, 0.3) is 22.6 Å². The molecule has 2 aromatic heterocycles. The lowest BCUT2D eigenvalue weighted by atomic mass is 9.97. The van der Waals surface area contributed by atoms with E-state index in [4.69, 9.17) is 4.98 Å². The molecular formula is C25H27N3OS. The van der Waals surface area contributed by atoms with E-state index in [0.717, 1.165) is 66.5 Å². The molecule has 1 unspecified atom stereocenters. The smallest absolute Gasteiger partial charge is 0.254 e. The Hall–Kier alpha value is -2.50. The average molecular weight is 418 g/mol. The molecule has 1 fully saturated rings. The van der Waals surface area contributed by atoms with Crippen LogP contribution in [-0.2, 0) is 6.42 Å². The number of para-hydroxylation sites is 1. The number of likely N-dealkylation sites (N-methyl/N-ethyl adjacent to an activating group) is 1. The van der Waals surface area contributed by atoms with Crippen molar-refractivity contribution in [3.8, 4) is 0 Å². The van der Waals surface area contributed by atoms with Gasteiger partial charge in [0.15, 0.2) is 0 Å². The van der Waals surface area contributed by atoms with Crippen LogP contribution in [0.3, 0.4) is 0 Å². The number of rotatable bonds is 3. The van der Waals surface area contributed by atoms with Gasteiger partial charge in [-0.05, 0) is 74.5 Å². The lowest BCUT2D eigenvalue weighted by Gasteiger charge is -2.36. The lowest BCUT2D eigenvalue weighted by molar-refractivity contribution is 0.0636. The number of fused-ring (bicyclic) bond motifs is 2. The summed E-state index contributed by atoms with van der Waals surface area (Å²) in [6.45, 7) is 1.64. The van der Waals surface area contributed by atoms with Crippen LogP contribution in [0.4, 0.5) is 0 Å². The van der Waals surface area contributed by atoms with Gasteiger partial charge in [-0.1, -0.05) is 24.3 Å². The third-order valence-corrected chi connectivity index (χ3v) is 7.25. The molecule has 1 aliphatic heterocycles. The number of piperidine rings is 1. The standard InChI is InChI=1S/C25H27N3OS/c1-27(2)18-7-5-13-28(16-18)25(29)23-20-9-3-4-10-22(20)26-24-17(11-12-21(23)24)15-19-8-6-14-30-19/h3-4,6,8-10,14-15,18H,5,7,11-13,16H2,1-2H3/b17-15+. The Balaban J connectivity index is 1.61. The average Bonchev–Trinajstić information content (AvgIpc) is 3.42. The number of likely N-dealkylation sites (tertiary alicyclic amines) is 1. The first-order valence-corrected chi connectivity index (χ1v) is 11.6. The van der Waals surface area contributed by atoms with Gasteiger partial charge < -0.3 is 9.80 Å². The first-order chi connectivity index (χ1) is 14.6. The zero-order valence-electron chi connectivity index (χ0n) is 17.6. The molecule has 1 aromatic carbocycles. The molecule has 3 heterocycles. The van der Waals surface area contributed by atoms with Crippen LogP contribution < -0.4 is 0 Å². The number of allylic oxidation sites excluding steroid dienone is 1. The van der Waals surface area contributed by atoms with Crippen molar-refractivity contribution in [1.82, 2.24) is 14.8 Å². The van der Waals surface area contributed by atoms with Crippen molar-refractivity contribution < 1.29 is 4.79 Å². The Morgan fingerprint density at radius 2 is 2.07 bits per heavy atom. The van der Waals surface area contributed by atoms with Crippen LogP contribution in [0.1, 0.15) is 45.8 Å². The number of aromatic nitrogens is 1. The molecule has 5 rings (SSSR count). The van der Waals surface area contributed by atoms with E-state index in [1.165, 1.54) is 10.5 Å². The molecular weight excluding hydrogens is 390 g/mol. The summed E-state index contributed by atoms with van der Waals surface area (Å²) in [6.07, 6.45) is 6.28. The summed E-state index contributed by atoms with van der Waals surface area (Å²) < 4.78 is 0. The number of carbonyl (C=O) groups is 1. The highest BCUT2D eigenvalue weighted by Crippen LogP contribution is 2.38. The summed E-state index contributed by atoms with van der Waals surface area (Å²) in [5, 5.41) is 3.09. The van der Waals surface area contributed by atoms with Crippen LogP contribution >= 0.6 is 11.3 Å². The minimum absolute atomic E-state index is 0.175. The zero-order chi connectivity index (χ0) is 20.7. The quantitative estimate of drug-likeness (QED) is 0.605. The van der Waals surface area contributed by atoms with Gasteiger partial charge >= 0.3 is 0 Å². The van der Waals surface area contributed by atoms with Crippen molar-refractivity contribution in [3.63, 3.8) is 0 Å². The van der Waals surface area contributed by atoms with Crippen LogP contribution in [0, 0.1) is 0 Å². The van der Waals surface area contributed by atoms with E-state index >= 15 is 0 Å². The topological polar surface area (TPSA) is 36.4 Å². The maximum Gasteiger partial charge on any atom is 0.254 e. The maximum atomic E-state index is 13.8. The van der Waals surface area contributed by atoms with Crippen molar-refractivity contribution in [1.29, 1.82) is 0 Å². The molecule has 1 saturated heterocycles. The molecule has 30 heavy (non-hydrogen) atoms. The predicted molar refractivity (Wildman–Crippen MR) is 125 cm³/mol.